The summed E-state index contributed by atoms with van der Waals surface area (Å²) >= 11 is 0. The number of nitrogens with zero attached hydrogens (tertiary/aromatic N) is 4. The third kappa shape index (κ3) is 3.02. The summed E-state index contributed by atoms with van der Waals surface area (Å²) in [5.74, 6) is -0.117. The van der Waals surface area contributed by atoms with Crippen molar-refractivity contribution in [2.45, 2.75) is 19.3 Å². The molecule has 1 N–H and O–H groups in total. The lowest BCUT2D eigenvalue weighted by molar-refractivity contribution is 0.316. The molecule has 5 heteroatoms. The lowest BCUT2D eigenvalue weighted by Gasteiger charge is -2.11. The fraction of sp³-hybridized carbons (Fsp3) is 0.136. The normalized spacial score (nSPS) is 13.0. The maximum Gasteiger partial charge on any atom is 0.145 e. The molecule has 132 valence electrons. The number of imidazole rings is 1. The SMILES string of the molecule is CC(C(CC#N)=NO)c1ccc(-c2cn3ccc4ccccc4c3n2)cc1. The van der Waals surface area contributed by atoms with Gasteiger partial charge in [0.05, 0.1) is 23.9 Å². The summed E-state index contributed by atoms with van der Waals surface area (Å²) in [5.41, 5.74) is 4.31. The van der Waals surface area contributed by atoms with Crippen LogP contribution in [0.1, 0.15) is 24.8 Å². The number of nitriles is 1. The van der Waals surface area contributed by atoms with E-state index in [2.05, 4.69) is 23.4 Å². The van der Waals surface area contributed by atoms with E-state index in [0.29, 0.717) is 5.71 Å². The van der Waals surface area contributed by atoms with E-state index in [4.69, 9.17) is 15.5 Å². The van der Waals surface area contributed by atoms with Crippen LogP contribution in [-0.2, 0) is 0 Å². The van der Waals surface area contributed by atoms with Gasteiger partial charge >= 0.3 is 0 Å². The second-order valence-electron chi connectivity index (χ2n) is 6.53. The van der Waals surface area contributed by atoms with Gasteiger partial charge in [0.1, 0.15) is 5.65 Å². The summed E-state index contributed by atoms with van der Waals surface area (Å²) in [6.07, 6.45) is 4.16. The van der Waals surface area contributed by atoms with Gasteiger partial charge in [-0.25, -0.2) is 4.98 Å². The second-order valence-corrected chi connectivity index (χ2v) is 6.53. The molecule has 0 radical (unpaired) electrons. The molecule has 2 aromatic carbocycles. The van der Waals surface area contributed by atoms with Gasteiger partial charge in [-0.15, -0.1) is 0 Å². The standard InChI is InChI=1S/C22H18N4O/c1-15(20(25-27)10-12-23)16-6-8-18(9-7-16)21-14-26-13-11-17-4-2-3-5-19(17)22(26)24-21/h2-9,11,13-15,27H,10H2,1H3. The minimum atomic E-state index is -0.117. The highest BCUT2D eigenvalue weighted by Gasteiger charge is 2.14. The van der Waals surface area contributed by atoms with E-state index in [1.807, 2.05) is 66.2 Å². The lowest BCUT2D eigenvalue weighted by Crippen LogP contribution is -2.08. The highest BCUT2D eigenvalue weighted by atomic mass is 16.4. The number of pyridine rings is 1. The smallest absolute Gasteiger partial charge is 0.145 e. The van der Waals surface area contributed by atoms with E-state index in [1.54, 1.807) is 0 Å². The molecule has 2 heterocycles. The number of fused-ring (bicyclic) bond motifs is 3. The Balaban J connectivity index is 1.70. The Kier molecular flexibility index (Phi) is 4.31. The molecule has 5 nitrogen and oxygen atoms in total. The first-order valence-corrected chi connectivity index (χ1v) is 8.76. The molecule has 27 heavy (non-hydrogen) atoms. The first kappa shape index (κ1) is 16.8. The third-order valence-corrected chi connectivity index (χ3v) is 4.94. The predicted molar refractivity (Wildman–Crippen MR) is 106 cm³/mol. The Morgan fingerprint density at radius 2 is 1.96 bits per heavy atom. The molecule has 0 aliphatic rings. The van der Waals surface area contributed by atoms with Crippen molar-refractivity contribution in [2.75, 3.05) is 0 Å². The molecule has 2 aromatic heterocycles. The maximum atomic E-state index is 9.11. The van der Waals surface area contributed by atoms with Crippen LogP contribution in [0.15, 0.2) is 72.1 Å². The van der Waals surface area contributed by atoms with Gasteiger partial charge in [-0.3, -0.25) is 0 Å². The van der Waals surface area contributed by atoms with Gasteiger partial charge in [-0.1, -0.05) is 60.6 Å². The Hall–Kier alpha value is -3.65. The molecule has 0 saturated carbocycles. The van der Waals surface area contributed by atoms with Crippen molar-refractivity contribution < 1.29 is 5.21 Å². The Morgan fingerprint density at radius 1 is 1.19 bits per heavy atom. The van der Waals surface area contributed by atoms with Crippen molar-refractivity contribution in [1.29, 1.82) is 5.26 Å². The maximum absolute atomic E-state index is 9.11. The van der Waals surface area contributed by atoms with Gasteiger partial charge in [0.2, 0.25) is 0 Å². The molecular formula is C22H18N4O. The molecule has 0 bridgehead atoms. The Bertz CT molecular complexity index is 1180. The number of benzene rings is 2. The lowest BCUT2D eigenvalue weighted by atomic mass is 9.93. The van der Waals surface area contributed by atoms with Crippen LogP contribution in [0.5, 0.6) is 0 Å². The number of rotatable bonds is 4. The first-order valence-electron chi connectivity index (χ1n) is 8.76. The quantitative estimate of drug-likeness (QED) is 0.318. The zero-order valence-electron chi connectivity index (χ0n) is 14.9. The van der Waals surface area contributed by atoms with E-state index in [9.17, 15) is 0 Å². The van der Waals surface area contributed by atoms with Crippen molar-refractivity contribution in [2.24, 2.45) is 5.16 Å². The molecule has 1 unspecified atom stereocenters. The Morgan fingerprint density at radius 3 is 2.70 bits per heavy atom. The minimum absolute atomic E-state index is 0.110. The molecule has 0 aliphatic carbocycles. The van der Waals surface area contributed by atoms with Crippen LogP contribution >= 0.6 is 0 Å². The third-order valence-electron chi connectivity index (χ3n) is 4.94. The van der Waals surface area contributed by atoms with Crippen molar-refractivity contribution in [3.8, 4) is 17.3 Å². The van der Waals surface area contributed by atoms with Gasteiger partial charge < -0.3 is 9.61 Å². The summed E-state index contributed by atoms with van der Waals surface area (Å²) in [6.45, 7) is 1.93. The minimum Gasteiger partial charge on any atom is -0.411 e. The summed E-state index contributed by atoms with van der Waals surface area (Å²) < 4.78 is 2.04. The first-order chi connectivity index (χ1) is 13.2. The van der Waals surface area contributed by atoms with Gasteiger partial charge in [0.15, 0.2) is 0 Å². The molecule has 0 spiro atoms. The van der Waals surface area contributed by atoms with Gasteiger partial charge in [-0.05, 0) is 17.0 Å². The summed E-state index contributed by atoms with van der Waals surface area (Å²) in [5, 5.41) is 23.5. The van der Waals surface area contributed by atoms with Crippen LogP contribution in [-0.4, -0.2) is 20.3 Å². The van der Waals surface area contributed by atoms with Crippen molar-refractivity contribution in [1.82, 2.24) is 9.38 Å². The number of oxime groups is 1. The largest absolute Gasteiger partial charge is 0.411 e. The van der Waals surface area contributed by atoms with Crippen LogP contribution in [0.2, 0.25) is 0 Å². The second kappa shape index (κ2) is 6.93. The molecule has 4 rings (SSSR count). The van der Waals surface area contributed by atoms with E-state index in [0.717, 1.165) is 27.9 Å². The van der Waals surface area contributed by atoms with Gasteiger partial charge in [0.25, 0.3) is 0 Å². The molecule has 4 aromatic rings. The van der Waals surface area contributed by atoms with Crippen LogP contribution in [0.25, 0.3) is 27.7 Å². The number of hydrogen-bond acceptors (Lipinski definition) is 4. The van der Waals surface area contributed by atoms with Crippen LogP contribution in [0, 0.1) is 11.3 Å². The summed E-state index contributed by atoms with van der Waals surface area (Å²) in [4.78, 5) is 4.82. The molecule has 0 fully saturated rings. The Labute approximate surface area is 156 Å². The van der Waals surface area contributed by atoms with Crippen LogP contribution in [0.4, 0.5) is 0 Å². The van der Waals surface area contributed by atoms with E-state index in [1.165, 1.54) is 5.39 Å². The molecule has 0 amide bonds. The van der Waals surface area contributed by atoms with Crippen LogP contribution < -0.4 is 0 Å². The summed E-state index contributed by atoms with van der Waals surface area (Å²) in [6, 6.07) is 20.3. The zero-order valence-corrected chi connectivity index (χ0v) is 14.9. The fourth-order valence-electron chi connectivity index (χ4n) is 3.34. The average molecular weight is 354 g/mol. The monoisotopic (exact) mass is 354 g/mol. The van der Waals surface area contributed by atoms with Gasteiger partial charge in [-0.2, -0.15) is 5.26 Å². The molecule has 0 saturated heterocycles. The van der Waals surface area contributed by atoms with E-state index < -0.39 is 0 Å². The number of aromatic nitrogens is 2. The highest BCUT2D eigenvalue weighted by Crippen LogP contribution is 2.26. The van der Waals surface area contributed by atoms with E-state index >= 15 is 0 Å². The average Bonchev–Trinajstić information content (AvgIpc) is 3.16. The fourth-order valence-corrected chi connectivity index (χ4v) is 3.34. The molecular weight excluding hydrogens is 336 g/mol. The highest BCUT2D eigenvalue weighted by molar-refractivity contribution is 5.94. The molecule has 0 aliphatic heterocycles. The van der Waals surface area contributed by atoms with Crippen LogP contribution in [0.3, 0.4) is 0 Å². The van der Waals surface area contributed by atoms with Crippen molar-refractivity contribution in [3.63, 3.8) is 0 Å². The number of hydrogen-bond donors (Lipinski definition) is 1. The summed E-state index contributed by atoms with van der Waals surface area (Å²) in [7, 11) is 0. The predicted octanol–water partition coefficient (Wildman–Crippen LogP) is 5.00. The zero-order chi connectivity index (χ0) is 18.8. The topological polar surface area (TPSA) is 73.7 Å². The van der Waals surface area contributed by atoms with E-state index in [-0.39, 0.29) is 12.3 Å². The van der Waals surface area contributed by atoms with Gasteiger partial charge in [0, 0.05) is 29.3 Å². The molecule has 1 atom stereocenters. The van der Waals surface area contributed by atoms with Crippen molar-refractivity contribution >= 4 is 22.1 Å². The van der Waals surface area contributed by atoms with Crippen molar-refractivity contribution in [3.05, 3.63) is 72.6 Å².